The molecule has 1 aliphatic carbocycles. The Hall–Kier alpha value is -3.39. The number of thiazole rings is 1. The van der Waals surface area contributed by atoms with Gasteiger partial charge in [0, 0.05) is 17.9 Å². The molecule has 0 bridgehead atoms. The van der Waals surface area contributed by atoms with E-state index in [1.165, 1.54) is 24.2 Å². The molecule has 4 aromatic rings. The van der Waals surface area contributed by atoms with Gasteiger partial charge in [-0.3, -0.25) is 4.79 Å². The van der Waals surface area contributed by atoms with Crippen LogP contribution < -0.4 is 14.8 Å². The van der Waals surface area contributed by atoms with Crippen LogP contribution in [0.2, 0.25) is 0 Å². The Kier molecular flexibility index (Phi) is 5.25. The first kappa shape index (κ1) is 21.2. The van der Waals surface area contributed by atoms with E-state index in [0.717, 1.165) is 51.4 Å². The summed E-state index contributed by atoms with van der Waals surface area (Å²) in [6, 6.07) is 14.0. The molecule has 8 heteroatoms. The van der Waals surface area contributed by atoms with E-state index in [1.54, 1.807) is 11.8 Å². The second-order valence-electron chi connectivity index (χ2n) is 8.99. The van der Waals surface area contributed by atoms with Gasteiger partial charge in [-0.1, -0.05) is 23.5 Å². The number of hydrogen-bond acceptors (Lipinski definition) is 6. The molecule has 1 aliphatic heterocycles. The van der Waals surface area contributed by atoms with Gasteiger partial charge in [0.25, 0.3) is 0 Å². The predicted molar refractivity (Wildman–Crippen MR) is 132 cm³/mol. The smallest absolute Gasteiger partial charge is 0.226 e. The lowest BCUT2D eigenvalue weighted by molar-refractivity contribution is -0.116. The van der Waals surface area contributed by atoms with Gasteiger partial charge in [0.15, 0.2) is 0 Å². The van der Waals surface area contributed by atoms with Gasteiger partial charge in [-0.05, 0) is 68.5 Å². The summed E-state index contributed by atoms with van der Waals surface area (Å²) in [6.07, 6.45) is 5.35. The number of rotatable bonds is 5. The van der Waals surface area contributed by atoms with E-state index >= 15 is 0 Å². The number of carbonyl (C=O) groups is 1. The third-order valence-corrected chi connectivity index (χ3v) is 7.73. The number of anilines is 1. The number of benzene rings is 2. The van der Waals surface area contributed by atoms with Gasteiger partial charge >= 0.3 is 0 Å². The minimum atomic E-state index is -0.0842. The molecular formula is C26H26N4O3S. The third kappa shape index (κ3) is 3.72. The third-order valence-electron chi connectivity index (χ3n) is 6.73. The molecule has 1 saturated carbocycles. The van der Waals surface area contributed by atoms with Crippen LogP contribution in [0.5, 0.6) is 11.5 Å². The number of ether oxygens (including phenoxy) is 2. The highest BCUT2D eigenvalue weighted by molar-refractivity contribution is 7.20. The number of aryl methyl sites for hydroxylation is 1. The summed E-state index contributed by atoms with van der Waals surface area (Å²) < 4.78 is 14.4. The minimum Gasteiger partial charge on any atom is -0.497 e. The molecule has 1 atom stereocenters. The van der Waals surface area contributed by atoms with Crippen molar-refractivity contribution in [3.8, 4) is 16.6 Å². The number of carbonyl (C=O) groups excluding carboxylic acids is 1. The Morgan fingerprint density at radius 3 is 2.79 bits per heavy atom. The van der Waals surface area contributed by atoms with Gasteiger partial charge in [-0.2, -0.15) is 9.78 Å². The van der Waals surface area contributed by atoms with Gasteiger partial charge in [0.05, 0.1) is 29.1 Å². The van der Waals surface area contributed by atoms with E-state index in [0.29, 0.717) is 23.5 Å². The fourth-order valence-electron chi connectivity index (χ4n) is 5.08. The number of fused-ring (bicyclic) bond motifs is 2. The highest BCUT2D eigenvalue weighted by Crippen LogP contribution is 2.42. The fraction of sp³-hybridized carbons (Fsp3) is 0.346. The molecule has 34 heavy (non-hydrogen) atoms. The molecule has 2 aromatic carbocycles. The monoisotopic (exact) mass is 474 g/mol. The molecule has 2 aromatic heterocycles. The molecule has 6 rings (SSSR count). The Balaban J connectivity index is 1.39. The first-order valence-electron chi connectivity index (χ1n) is 11.7. The highest BCUT2D eigenvalue weighted by Gasteiger charge is 2.33. The van der Waals surface area contributed by atoms with E-state index in [2.05, 4.69) is 17.4 Å². The second-order valence-corrected chi connectivity index (χ2v) is 10.0. The molecule has 1 N–H and O–H groups in total. The molecule has 0 radical (unpaired) electrons. The summed E-state index contributed by atoms with van der Waals surface area (Å²) in [5, 5.41) is 8.58. The SMILES string of the molecule is COc1ccc2nc(-n3nc(C)c4c3NC(=O)C[C@@H]4c3cccc(OC4CCCC4)c3)sc2c1. The number of nitrogens with zero attached hydrogens (tertiary/aromatic N) is 3. The molecule has 174 valence electrons. The van der Waals surface area contributed by atoms with Crippen LogP contribution >= 0.6 is 11.3 Å². The topological polar surface area (TPSA) is 78.3 Å². The van der Waals surface area contributed by atoms with Gasteiger partial charge in [0.1, 0.15) is 17.3 Å². The van der Waals surface area contributed by atoms with Crippen molar-refractivity contribution < 1.29 is 14.3 Å². The maximum Gasteiger partial charge on any atom is 0.226 e. The number of amides is 1. The van der Waals surface area contributed by atoms with E-state index in [9.17, 15) is 4.79 Å². The lowest BCUT2D eigenvalue weighted by atomic mass is 9.86. The fourth-order valence-corrected chi connectivity index (χ4v) is 6.04. The molecule has 1 amide bonds. The molecule has 0 unspecified atom stereocenters. The van der Waals surface area contributed by atoms with Crippen LogP contribution in [0.4, 0.5) is 5.82 Å². The van der Waals surface area contributed by atoms with Crippen molar-refractivity contribution >= 4 is 33.3 Å². The number of methoxy groups -OCH3 is 1. The quantitative estimate of drug-likeness (QED) is 0.408. The van der Waals surface area contributed by atoms with Crippen molar-refractivity contribution in [2.24, 2.45) is 0 Å². The maximum absolute atomic E-state index is 12.8. The van der Waals surface area contributed by atoms with Gasteiger partial charge in [-0.15, -0.1) is 0 Å². The summed E-state index contributed by atoms with van der Waals surface area (Å²) in [6.45, 7) is 2.00. The van der Waals surface area contributed by atoms with E-state index < -0.39 is 0 Å². The zero-order chi connectivity index (χ0) is 23.2. The molecule has 1 fully saturated rings. The van der Waals surface area contributed by atoms with Crippen molar-refractivity contribution in [1.82, 2.24) is 14.8 Å². The average Bonchev–Trinajstić information content (AvgIpc) is 3.57. The Bertz CT molecular complexity index is 1390. The van der Waals surface area contributed by atoms with Crippen LogP contribution in [-0.4, -0.2) is 33.9 Å². The lowest BCUT2D eigenvalue weighted by Crippen LogP contribution is -2.25. The average molecular weight is 475 g/mol. The van der Waals surface area contributed by atoms with E-state index in [1.807, 2.05) is 37.3 Å². The molecule has 0 spiro atoms. The van der Waals surface area contributed by atoms with Gasteiger partial charge in [0.2, 0.25) is 11.0 Å². The van der Waals surface area contributed by atoms with Crippen molar-refractivity contribution in [3.63, 3.8) is 0 Å². The van der Waals surface area contributed by atoms with Crippen LogP contribution in [-0.2, 0) is 4.79 Å². The van der Waals surface area contributed by atoms with Crippen molar-refractivity contribution in [3.05, 3.63) is 59.3 Å². The molecule has 3 heterocycles. The van der Waals surface area contributed by atoms with Gasteiger partial charge < -0.3 is 14.8 Å². The van der Waals surface area contributed by atoms with Crippen LogP contribution in [0.1, 0.15) is 54.8 Å². The molecule has 7 nitrogen and oxygen atoms in total. The summed E-state index contributed by atoms with van der Waals surface area (Å²) >= 11 is 1.52. The zero-order valence-electron chi connectivity index (χ0n) is 19.2. The summed E-state index contributed by atoms with van der Waals surface area (Å²) in [5.41, 5.74) is 3.87. The van der Waals surface area contributed by atoms with Crippen LogP contribution in [0.25, 0.3) is 15.3 Å². The zero-order valence-corrected chi connectivity index (χ0v) is 20.0. The van der Waals surface area contributed by atoms with Crippen LogP contribution in [0.15, 0.2) is 42.5 Å². The lowest BCUT2D eigenvalue weighted by Gasteiger charge is -2.24. The maximum atomic E-state index is 12.8. The standard InChI is InChI=1S/C26H26N4O3S/c1-15-24-20(16-6-5-9-19(12-16)33-17-7-3-4-8-17)14-23(31)28-25(24)30(29-15)26-27-21-11-10-18(32-2)13-22(21)34-26/h5-6,9-13,17,20H,3-4,7-8,14H2,1-2H3,(H,28,31)/t20-/m1/s1. The number of aromatic nitrogens is 3. The van der Waals surface area contributed by atoms with Crippen LogP contribution in [0.3, 0.4) is 0 Å². The predicted octanol–water partition coefficient (Wildman–Crippen LogP) is 5.59. The molecule has 2 aliphatic rings. The number of hydrogen-bond donors (Lipinski definition) is 1. The molecular weight excluding hydrogens is 448 g/mol. The summed E-state index contributed by atoms with van der Waals surface area (Å²) in [7, 11) is 1.65. The minimum absolute atomic E-state index is 0.0245. The Morgan fingerprint density at radius 2 is 1.97 bits per heavy atom. The van der Waals surface area contributed by atoms with Crippen molar-refractivity contribution in [2.45, 2.75) is 51.0 Å². The van der Waals surface area contributed by atoms with Gasteiger partial charge in [-0.25, -0.2) is 4.98 Å². The summed E-state index contributed by atoms with van der Waals surface area (Å²) in [5.74, 6) is 2.26. The van der Waals surface area contributed by atoms with Crippen LogP contribution in [0, 0.1) is 6.92 Å². The largest absolute Gasteiger partial charge is 0.497 e. The van der Waals surface area contributed by atoms with E-state index in [4.69, 9.17) is 19.6 Å². The van der Waals surface area contributed by atoms with Crippen molar-refractivity contribution in [2.75, 3.05) is 12.4 Å². The number of nitrogens with one attached hydrogen (secondary N) is 1. The normalized spacial score (nSPS) is 18.2. The van der Waals surface area contributed by atoms with Crippen molar-refractivity contribution in [1.29, 1.82) is 0 Å². The summed E-state index contributed by atoms with van der Waals surface area (Å²) in [4.78, 5) is 17.6. The second kappa shape index (κ2) is 8.43. The Morgan fingerprint density at radius 1 is 1.12 bits per heavy atom. The first-order valence-corrected chi connectivity index (χ1v) is 12.5. The first-order chi connectivity index (χ1) is 16.6. The molecule has 0 saturated heterocycles. The Labute approximate surface area is 201 Å². The van der Waals surface area contributed by atoms with E-state index in [-0.39, 0.29) is 11.8 Å². The highest BCUT2D eigenvalue weighted by atomic mass is 32.1.